The molecule has 114 valence electrons. The highest BCUT2D eigenvalue weighted by atomic mass is 16.4. The summed E-state index contributed by atoms with van der Waals surface area (Å²) in [4.78, 5) is 10.4. The van der Waals surface area contributed by atoms with E-state index >= 15 is 0 Å². The van der Waals surface area contributed by atoms with Crippen molar-refractivity contribution in [1.29, 1.82) is 0 Å². The van der Waals surface area contributed by atoms with Crippen LogP contribution in [0.15, 0.2) is 6.20 Å². The van der Waals surface area contributed by atoms with Gasteiger partial charge in [-0.3, -0.25) is 4.79 Å². The first kappa shape index (κ1) is 15.1. The molecule has 0 aliphatic carbocycles. The van der Waals surface area contributed by atoms with Crippen molar-refractivity contribution in [2.75, 3.05) is 0 Å². The zero-order chi connectivity index (χ0) is 15.1. The number of aromatic nitrogens is 7. The molecule has 9 nitrogen and oxygen atoms in total. The number of aliphatic carboxylic acids is 1. The number of carbonyl (C=O) groups is 1. The summed E-state index contributed by atoms with van der Waals surface area (Å²) in [6, 6.07) is 0. The minimum absolute atomic E-state index is 0.194. The van der Waals surface area contributed by atoms with Gasteiger partial charge in [-0.25, -0.2) is 9.36 Å². The molecule has 2 aromatic rings. The fourth-order valence-electron chi connectivity index (χ4n) is 1.98. The summed E-state index contributed by atoms with van der Waals surface area (Å²) in [5.74, 6) is -0.0133. The Morgan fingerprint density at radius 3 is 2.90 bits per heavy atom. The van der Waals surface area contributed by atoms with E-state index < -0.39 is 5.97 Å². The zero-order valence-electron chi connectivity index (χ0n) is 12.0. The molecule has 2 heterocycles. The van der Waals surface area contributed by atoms with Crippen molar-refractivity contribution in [2.24, 2.45) is 0 Å². The molecule has 9 heteroatoms. The molecule has 0 saturated heterocycles. The summed E-state index contributed by atoms with van der Waals surface area (Å²) >= 11 is 0. The van der Waals surface area contributed by atoms with Crippen molar-refractivity contribution >= 4 is 5.97 Å². The van der Waals surface area contributed by atoms with Crippen LogP contribution < -0.4 is 0 Å². The van der Waals surface area contributed by atoms with E-state index in [0.717, 1.165) is 37.3 Å². The summed E-state index contributed by atoms with van der Waals surface area (Å²) < 4.78 is 3.46. The molecule has 0 aromatic carbocycles. The van der Waals surface area contributed by atoms with Crippen molar-refractivity contribution in [3.8, 4) is 0 Å². The number of carboxylic acid groups (broad SMARTS) is 1. The Morgan fingerprint density at radius 2 is 2.14 bits per heavy atom. The minimum Gasteiger partial charge on any atom is -0.481 e. The third-order valence-corrected chi connectivity index (χ3v) is 3.00. The molecule has 0 aliphatic rings. The SMILES string of the molecule is CCCn1nnnc1Cn1cc(CCCCC(=O)O)nn1. The van der Waals surface area contributed by atoms with E-state index in [1.807, 2.05) is 6.20 Å². The Bertz CT molecular complexity index is 578. The van der Waals surface area contributed by atoms with Gasteiger partial charge in [0.2, 0.25) is 0 Å². The van der Waals surface area contributed by atoms with Crippen LogP contribution in [0.4, 0.5) is 0 Å². The first-order chi connectivity index (χ1) is 10.2. The quantitative estimate of drug-likeness (QED) is 0.671. The molecule has 0 fully saturated rings. The maximum Gasteiger partial charge on any atom is 0.303 e. The summed E-state index contributed by atoms with van der Waals surface area (Å²) in [6.07, 6.45) is 5.18. The Balaban J connectivity index is 1.85. The van der Waals surface area contributed by atoms with Crippen LogP contribution in [0.2, 0.25) is 0 Å². The van der Waals surface area contributed by atoms with Crippen LogP contribution in [0.1, 0.15) is 44.1 Å². The third-order valence-electron chi connectivity index (χ3n) is 3.00. The second-order valence-electron chi connectivity index (χ2n) is 4.83. The van der Waals surface area contributed by atoms with Crippen molar-refractivity contribution in [2.45, 2.75) is 52.1 Å². The summed E-state index contributed by atoms with van der Waals surface area (Å²) in [5.41, 5.74) is 0.856. The van der Waals surface area contributed by atoms with Crippen LogP contribution in [0.25, 0.3) is 0 Å². The predicted molar refractivity (Wildman–Crippen MR) is 72.4 cm³/mol. The van der Waals surface area contributed by atoms with Gasteiger partial charge in [-0.1, -0.05) is 12.1 Å². The number of carboxylic acids is 1. The van der Waals surface area contributed by atoms with Gasteiger partial charge in [0.25, 0.3) is 0 Å². The standard InChI is InChI=1S/C12H19N7O2/c1-2-7-19-11(14-15-17-19)9-18-8-10(13-16-18)5-3-4-6-12(20)21/h8H,2-7,9H2,1H3,(H,20,21). The average Bonchev–Trinajstić information content (AvgIpc) is 3.06. The molecular weight excluding hydrogens is 274 g/mol. The van der Waals surface area contributed by atoms with Gasteiger partial charge >= 0.3 is 5.97 Å². The van der Waals surface area contributed by atoms with Gasteiger partial charge < -0.3 is 5.11 Å². The first-order valence-corrected chi connectivity index (χ1v) is 7.05. The second kappa shape index (κ2) is 7.46. The smallest absolute Gasteiger partial charge is 0.303 e. The number of hydrogen-bond donors (Lipinski definition) is 1. The Morgan fingerprint density at radius 1 is 1.29 bits per heavy atom. The topological polar surface area (TPSA) is 112 Å². The molecule has 0 aliphatic heterocycles. The normalized spacial score (nSPS) is 10.9. The van der Waals surface area contributed by atoms with Gasteiger partial charge in [-0.2, -0.15) is 0 Å². The first-order valence-electron chi connectivity index (χ1n) is 7.05. The molecule has 0 unspecified atom stereocenters. The number of rotatable bonds is 9. The molecule has 2 aromatic heterocycles. The largest absolute Gasteiger partial charge is 0.481 e. The Labute approximate surface area is 122 Å². The van der Waals surface area contributed by atoms with E-state index in [1.165, 1.54) is 0 Å². The maximum absolute atomic E-state index is 10.4. The van der Waals surface area contributed by atoms with Gasteiger partial charge in [0.1, 0.15) is 6.54 Å². The number of unbranched alkanes of at least 4 members (excludes halogenated alkanes) is 1. The van der Waals surface area contributed by atoms with Gasteiger partial charge in [-0.15, -0.1) is 10.2 Å². The number of tetrazole rings is 1. The molecule has 0 spiro atoms. The van der Waals surface area contributed by atoms with E-state index in [4.69, 9.17) is 5.11 Å². The zero-order valence-corrected chi connectivity index (χ0v) is 12.0. The molecule has 21 heavy (non-hydrogen) atoms. The monoisotopic (exact) mass is 293 g/mol. The number of nitrogens with zero attached hydrogens (tertiary/aromatic N) is 7. The predicted octanol–water partition coefficient (Wildman–Crippen LogP) is 0.520. The fraction of sp³-hybridized carbons (Fsp3) is 0.667. The summed E-state index contributed by atoms with van der Waals surface area (Å²) in [7, 11) is 0. The van der Waals surface area contributed by atoms with Crippen LogP contribution in [0.5, 0.6) is 0 Å². The van der Waals surface area contributed by atoms with Crippen LogP contribution in [0.3, 0.4) is 0 Å². The highest BCUT2D eigenvalue weighted by Gasteiger charge is 2.08. The molecule has 0 radical (unpaired) electrons. The van der Waals surface area contributed by atoms with E-state index in [0.29, 0.717) is 13.0 Å². The van der Waals surface area contributed by atoms with Crippen LogP contribution in [-0.2, 0) is 24.3 Å². The fourth-order valence-corrected chi connectivity index (χ4v) is 1.98. The van der Waals surface area contributed by atoms with Crippen molar-refractivity contribution in [3.05, 3.63) is 17.7 Å². The second-order valence-corrected chi connectivity index (χ2v) is 4.83. The molecule has 0 bridgehead atoms. The van der Waals surface area contributed by atoms with E-state index in [9.17, 15) is 4.79 Å². The van der Waals surface area contributed by atoms with Crippen molar-refractivity contribution in [1.82, 2.24) is 35.2 Å². The molecule has 2 rings (SSSR count). The summed E-state index contributed by atoms with van der Waals surface area (Å²) in [6.45, 7) is 3.32. The lowest BCUT2D eigenvalue weighted by Gasteiger charge is -2.01. The highest BCUT2D eigenvalue weighted by Crippen LogP contribution is 2.05. The molecular formula is C12H19N7O2. The van der Waals surface area contributed by atoms with E-state index in [1.54, 1.807) is 9.36 Å². The Hall–Kier alpha value is -2.32. The molecule has 0 saturated carbocycles. The molecule has 0 amide bonds. The van der Waals surface area contributed by atoms with Crippen molar-refractivity contribution < 1.29 is 9.90 Å². The lowest BCUT2D eigenvalue weighted by Crippen LogP contribution is -2.10. The maximum atomic E-state index is 10.4. The van der Waals surface area contributed by atoms with Crippen LogP contribution in [-0.4, -0.2) is 46.3 Å². The van der Waals surface area contributed by atoms with Gasteiger partial charge in [-0.05, 0) is 36.1 Å². The van der Waals surface area contributed by atoms with Gasteiger partial charge in [0.05, 0.1) is 5.69 Å². The number of aryl methyl sites for hydroxylation is 2. The lowest BCUT2D eigenvalue weighted by atomic mass is 10.1. The average molecular weight is 293 g/mol. The third kappa shape index (κ3) is 4.62. The number of hydrogen-bond acceptors (Lipinski definition) is 6. The molecule has 0 atom stereocenters. The van der Waals surface area contributed by atoms with Crippen LogP contribution >= 0.6 is 0 Å². The molecule has 1 N–H and O–H groups in total. The van der Waals surface area contributed by atoms with Gasteiger partial charge in [0, 0.05) is 19.2 Å². The Kier molecular flexibility index (Phi) is 5.35. The van der Waals surface area contributed by atoms with E-state index in [2.05, 4.69) is 32.8 Å². The van der Waals surface area contributed by atoms with Gasteiger partial charge in [0.15, 0.2) is 5.82 Å². The van der Waals surface area contributed by atoms with Crippen LogP contribution in [0, 0.1) is 0 Å². The highest BCUT2D eigenvalue weighted by molar-refractivity contribution is 5.66. The van der Waals surface area contributed by atoms with Crippen molar-refractivity contribution in [3.63, 3.8) is 0 Å². The summed E-state index contributed by atoms with van der Waals surface area (Å²) in [5, 5.41) is 28.3. The van der Waals surface area contributed by atoms with E-state index in [-0.39, 0.29) is 6.42 Å². The minimum atomic E-state index is -0.763. The lowest BCUT2D eigenvalue weighted by molar-refractivity contribution is -0.137.